The van der Waals surface area contributed by atoms with Gasteiger partial charge in [-0.25, -0.2) is 13.6 Å². The summed E-state index contributed by atoms with van der Waals surface area (Å²) in [6, 6.07) is 18.3. The van der Waals surface area contributed by atoms with Gasteiger partial charge >= 0.3 is 6.03 Å². The minimum atomic E-state index is -0.983. The van der Waals surface area contributed by atoms with Crippen LogP contribution in [0.15, 0.2) is 77.9 Å². The highest BCUT2D eigenvalue weighted by molar-refractivity contribution is 6.48. The average Bonchev–Trinajstić information content (AvgIpc) is 2.84. The number of ether oxygens (including phenoxy) is 1. The molecule has 0 saturated heterocycles. The van der Waals surface area contributed by atoms with Gasteiger partial charge in [0, 0.05) is 24.5 Å². The van der Waals surface area contributed by atoms with E-state index in [-0.39, 0.29) is 23.5 Å². The number of methoxy groups -OCH3 is 1. The first-order valence-electron chi connectivity index (χ1n) is 10.6. The summed E-state index contributed by atoms with van der Waals surface area (Å²) in [5, 5.41) is 4.21. The van der Waals surface area contributed by atoms with Crippen molar-refractivity contribution in [2.24, 2.45) is 10.9 Å². The maximum Gasteiger partial charge on any atom is 0.476 e. The van der Waals surface area contributed by atoms with E-state index in [1.54, 1.807) is 18.2 Å². The molecule has 2 N–H and O–H groups in total. The van der Waals surface area contributed by atoms with Crippen molar-refractivity contribution in [3.63, 3.8) is 0 Å². The zero-order valence-electron chi connectivity index (χ0n) is 18.4. The molecule has 0 spiro atoms. The van der Waals surface area contributed by atoms with Crippen LogP contribution in [-0.2, 0) is 17.6 Å². The van der Waals surface area contributed by atoms with Crippen molar-refractivity contribution < 1.29 is 27.8 Å². The predicted octanol–water partition coefficient (Wildman–Crippen LogP) is 3.97. The normalized spacial score (nSPS) is 18.1. The van der Waals surface area contributed by atoms with Gasteiger partial charge in [0.2, 0.25) is 0 Å². The van der Waals surface area contributed by atoms with Gasteiger partial charge in [-0.05, 0) is 39.6 Å². The topological polar surface area (TPSA) is 85.0 Å². The van der Waals surface area contributed by atoms with E-state index in [2.05, 4.69) is 5.10 Å². The molecule has 0 radical (unpaired) electrons. The molecule has 4 rings (SSSR count). The zero-order valence-corrected chi connectivity index (χ0v) is 18.4. The lowest BCUT2D eigenvalue weighted by Gasteiger charge is -2.33. The Labute approximate surface area is 195 Å². The van der Waals surface area contributed by atoms with Crippen molar-refractivity contribution in [1.29, 1.82) is 0 Å². The number of nitrogens with two attached hydrogens (primary N) is 1. The lowest BCUT2D eigenvalue weighted by atomic mass is 10.1. The second-order valence-corrected chi connectivity index (χ2v) is 7.83. The molecule has 1 atom stereocenters. The SMILES string of the molecule is COc1cccc(N2C(=O)C(Cc3c(F)cccc3F)=N[N@+](N)(CCc3ccccc3)C2=O)c1. The van der Waals surface area contributed by atoms with Crippen molar-refractivity contribution in [3.05, 3.63) is 95.6 Å². The van der Waals surface area contributed by atoms with Crippen LogP contribution in [0.5, 0.6) is 5.75 Å². The lowest BCUT2D eigenvalue weighted by molar-refractivity contribution is -0.868. The third kappa shape index (κ3) is 4.57. The summed E-state index contributed by atoms with van der Waals surface area (Å²) >= 11 is 0. The van der Waals surface area contributed by atoms with E-state index in [4.69, 9.17) is 10.6 Å². The average molecular weight is 465 g/mol. The second-order valence-electron chi connectivity index (χ2n) is 7.83. The van der Waals surface area contributed by atoms with Gasteiger partial charge in [0.15, 0.2) is 5.71 Å². The van der Waals surface area contributed by atoms with E-state index >= 15 is 0 Å². The number of benzene rings is 3. The second kappa shape index (κ2) is 9.50. The number of hydrogen-bond acceptors (Lipinski definition) is 5. The van der Waals surface area contributed by atoms with Crippen molar-refractivity contribution in [3.8, 4) is 5.75 Å². The van der Waals surface area contributed by atoms with Crippen LogP contribution in [0.2, 0.25) is 0 Å². The molecule has 3 amide bonds. The van der Waals surface area contributed by atoms with Crippen LogP contribution < -0.4 is 15.5 Å². The molecule has 174 valence electrons. The fraction of sp³-hybridized carbons (Fsp3) is 0.160. The number of quaternary nitrogens is 1. The number of amides is 3. The molecule has 1 heterocycles. The molecule has 0 aliphatic carbocycles. The lowest BCUT2D eigenvalue weighted by Crippen LogP contribution is -2.67. The monoisotopic (exact) mass is 465 g/mol. The van der Waals surface area contributed by atoms with E-state index in [1.165, 1.54) is 19.2 Å². The number of imide groups is 1. The van der Waals surface area contributed by atoms with Crippen molar-refractivity contribution >= 4 is 23.3 Å². The standard InChI is InChI=1S/C25H23F2N4O3/c1-34-19-10-5-9-18(15-19)30-24(32)23(16-20-21(26)11-6-12-22(20)27)29-31(28,25(30)33)14-13-17-7-3-2-4-8-17/h2-12,15H,13-14,16,28H2,1H3/q+1/t31-/m1/s1. The fourth-order valence-electron chi connectivity index (χ4n) is 3.74. The largest absolute Gasteiger partial charge is 0.497 e. The Morgan fingerprint density at radius 1 is 0.971 bits per heavy atom. The number of rotatable bonds is 7. The van der Waals surface area contributed by atoms with Crippen molar-refractivity contribution in [1.82, 2.24) is 0 Å². The Morgan fingerprint density at radius 2 is 1.65 bits per heavy atom. The first-order chi connectivity index (χ1) is 16.3. The van der Waals surface area contributed by atoms with Crippen LogP contribution in [0.1, 0.15) is 11.1 Å². The zero-order chi connectivity index (χ0) is 24.3. The van der Waals surface area contributed by atoms with E-state index in [9.17, 15) is 18.4 Å². The number of urea groups is 1. The van der Waals surface area contributed by atoms with Crippen LogP contribution in [0, 0.1) is 11.6 Å². The van der Waals surface area contributed by atoms with Gasteiger partial charge in [0.25, 0.3) is 5.91 Å². The maximum atomic E-state index is 14.4. The van der Waals surface area contributed by atoms with Gasteiger partial charge in [0.1, 0.15) is 23.9 Å². The molecule has 0 aromatic heterocycles. The van der Waals surface area contributed by atoms with Crippen molar-refractivity contribution in [2.75, 3.05) is 18.6 Å². The summed E-state index contributed by atoms with van der Waals surface area (Å²) in [4.78, 5) is 27.7. The predicted molar refractivity (Wildman–Crippen MR) is 123 cm³/mol. The minimum Gasteiger partial charge on any atom is -0.497 e. The van der Waals surface area contributed by atoms with Gasteiger partial charge in [-0.15, -0.1) is 5.84 Å². The molecular weight excluding hydrogens is 442 g/mol. The summed E-state index contributed by atoms with van der Waals surface area (Å²) in [7, 11) is 1.45. The van der Waals surface area contributed by atoms with Crippen molar-refractivity contribution in [2.45, 2.75) is 12.8 Å². The third-order valence-corrected chi connectivity index (χ3v) is 5.57. The van der Waals surface area contributed by atoms with Crippen LogP contribution in [0.25, 0.3) is 0 Å². The Morgan fingerprint density at radius 3 is 2.32 bits per heavy atom. The summed E-state index contributed by atoms with van der Waals surface area (Å²) in [6.07, 6.45) is -0.0817. The smallest absolute Gasteiger partial charge is 0.476 e. The summed E-state index contributed by atoms with van der Waals surface area (Å²) < 4.78 is 32.9. The van der Waals surface area contributed by atoms with Gasteiger partial charge in [0.05, 0.1) is 12.8 Å². The summed E-state index contributed by atoms with van der Waals surface area (Å²) in [5.74, 6) is 4.39. The molecule has 1 aliphatic heterocycles. The fourth-order valence-corrected chi connectivity index (χ4v) is 3.74. The minimum absolute atomic E-state index is 0.0276. The van der Waals surface area contributed by atoms with Crippen LogP contribution in [-0.4, -0.2) is 36.0 Å². The van der Waals surface area contributed by atoms with Crippen LogP contribution in [0.4, 0.5) is 19.3 Å². The third-order valence-electron chi connectivity index (χ3n) is 5.57. The Kier molecular flexibility index (Phi) is 6.49. The first-order valence-corrected chi connectivity index (χ1v) is 10.6. The molecule has 0 saturated carbocycles. The molecule has 0 fully saturated rings. The van der Waals surface area contributed by atoms with Crippen LogP contribution in [0.3, 0.4) is 0 Å². The number of hydrogen-bond donors (Lipinski definition) is 1. The highest BCUT2D eigenvalue weighted by atomic mass is 19.1. The number of halogens is 2. The van der Waals surface area contributed by atoms with Crippen LogP contribution >= 0.6 is 0 Å². The van der Waals surface area contributed by atoms with Gasteiger partial charge in [-0.1, -0.05) is 42.5 Å². The first kappa shape index (κ1) is 23.2. The molecule has 0 unspecified atom stereocenters. The number of nitrogens with zero attached hydrogens (tertiary/aromatic N) is 3. The van der Waals surface area contributed by atoms with Gasteiger partial charge < -0.3 is 4.74 Å². The Bertz CT molecular complexity index is 1250. The van der Waals surface area contributed by atoms with E-state index < -0.39 is 34.7 Å². The molecule has 34 heavy (non-hydrogen) atoms. The van der Waals surface area contributed by atoms with E-state index in [0.717, 1.165) is 22.6 Å². The highest BCUT2D eigenvalue weighted by Gasteiger charge is 2.49. The maximum absolute atomic E-state index is 14.4. The van der Waals surface area contributed by atoms with E-state index in [1.807, 2.05) is 30.3 Å². The molecule has 9 heteroatoms. The number of anilines is 1. The molecule has 0 bridgehead atoms. The highest BCUT2D eigenvalue weighted by Crippen LogP contribution is 2.28. The van der Waals surface area contributed by atoms with Gasteiger partial charge in [-0.3, -0.25) is 4.79 Å². The number of carbonyl (C=O) groups excluding carboxylic acids is 2. The molecule has 3 aromatic carbocycles. The molecule has 1 aliphatic rings. The molecular formula is C25H23F2N4O3+. The summed E-state index contributed by atoms with van der Waals surface area (Å²) in [6.45, 7) is 0.0276. The van der Waals surface area contributed by atoms with Gasteiger partial charge in [-0.2, -0.15) is 4.90 Å². The molecule has 7 nitrogen and oxygen atoms in total. The molecule has 3 aromatic rings. The number of carbonyl (C=O) groups is 2. The Balaban J connectivity index is 1.76. The Hall–Kier alpha value is -3.95. The quantitative estimate of drug-likeness (QED) is 0.325. The summed E-state index contributed by atoms with van der Waals surface area (Å²) in [5.41, 5.74) is 0.564. The van der Waals surface area contributed by atoms with E-state index in [0.29, 0.717) is 12.2 Å².